The molecular formula is C12H14F2N2O5S2. The Bertz CT molecular complexity index is 682. The number of carboxylic acids is 1. The normalized spacial score (nSPS) is 11.2. The zero-order valence-corrected chi connectivity index (χ0v) is 13.3. The van der Waals surface area contributed by atoms with Crippen LogP contribution >= 0.6 is 11.8 Å². The number of sulfonamides is 1. The van der Waals surface area contributed by atoms with Crippen LogP contribution in [-0.4, -0.2) is 50.0 Å². The second kappa shape index (κ2) is 8.79. The Morgan fingerprint density at radius 3 is 2.48 bits per heavy atom. The standard InChI is InChI=1S/C12H14F2N2O5S2/c13-8-1-2-10(9(14)5-8)23(20,21)16-4-3-15-11(17)6-22-7-12(18)19/h1-2,5,16H,3-4,6-7H2,(H,15,17)(H,18,19). The molecule has 1 rings (SSSR count). The molecule has 0 aliphatic carbocycles. The largest absolute Gasteiger partial charge is 0.481 e. The molecule has 1 aromatic carbocycles. The molecule has 0 atom stereocenters. The Kier molecular flexibility index (Phi) is 7.39. The van der Waals surface area contributed by atoms with E-state index in [1.807, 2.05) is 0 Å². The maximum Gasteiger partial charge on any atom is 0.313 e. The van der Waals surface area contributed by atoms with Gasteiger partial charge in [0.25, 0.3) is 0 Å². The van der Waals surface area contributed by atoms with Crippen molar-refractivity contribution < 1.29 is 31.9 Å². The highest BCUT2D eigenvalue weighted by atomic mass is 32.2. The van der Waals surface area contributed by atoms with Gasteiger partial charge in [0.05, 0.1) is 11.5 Å². The fourth-order valence-electron chi connectivity index (χ4n) is 1.44. The van der Waals surface area contributed by atoms with Crippen LogP contribution < -0.4 is 10.0 Å². The summed E-state index contributed by atoms with van der Waals surface area (Å²) in [6.07, 6.45) is 0. The van der Waals surface area contributed by atoms with Crippen molar-refractivity contribution in [2.75, 3.05) is 24.6 Å². The van der Waals surface area contributed by atoms with Gasteiger partial charge in [-0.2, -0.15) is 0 Å². The Labute approximate surface area is 135 Å². The molecule has 0 unspecified atom stereocenters. The van der Waals surface area contributed by atoms with Crippen molar-refractivity contribution in [3.8, 4) is 0 Å². The summed E-state index contributed by atoms with van der Waals surface area (Å²) in [5, 5.41) is 10.8. The van der Waals surface area contributed by atoms with Crippen LogP contribution in [0.2, 0.25) is 0 Å². The maximum atomic E-state index is 13.4. The highest BCUT2D eigenvalue weighted by Gasteiger charge is 2.18. The van der Waals surface area contributed by atoms with Gasteiger partial charge in [-0.05, 0) is 12.1 Å². The first kappa shape index (κ1) is 19.3. The summed E-state index contributed by atoms with van der Waals surface area (Å²) in [5.41, 5.74) is 0. The van der Waals surface area contributed by atoms with Crippen LogP contribution in [0.4, 0.5) is 8.78 Å². The number of amides is 1. The molecule has 7 nitrogen and oxygen atoms in total. The number of rotatable bonds is 9. The molecule has 1 aromatic rings. The van der Waals surface area contributed by atoms with Gasteiger partial charge >= 0.3 is 5.97 Å². The number of thioether (sulfide) groups is 1. The van der Waals surface area contributed by atoms with Crippen LogP contribution in [0.3, 0.4) is 0 Å². The Morgan fingerprint density at radius 1 is 1.17 bits per heavy atom. The number of carbonyl (C=O) groups is 2. The zero-order valence-electron chi connectivity index (χ0n) is 11.7. The van der Waals surface area contributed by atoms with E-state index in [9.17, 15) is 26.8 Å². The maximum absolute atomic E-state index is 13.4. The van der Waals surface area contributed by atoms with E-state index in [2.05, 4.69) is 10.0 Å². The minimum atomic E-state index is -4.16. The zero-order chi connectivity index (χ0) is 17.5. The molecule has 1 amide bonds. The number of nitrogens with one attached hydrogen (secondary N) is 2. The smallest absolute Gasteiger partial charge is 0.313 e. The minimum absolute atomic E-state index is 0.0610. The first-order valence-corrected chi connectivity index (χ1v) is 8.87. The van der Waals surface area contributed by atoms with Gasteiger partial charge in [0.1, 0.15) is 16.5 Å². The number of carboxylic acid groups (broad SMARTS) is 1. The van der Waals surface area contributed by atoms with E-state index in [4.69, 9.17) is 5.11 Å². The molecule has 0 spiro atoms. The fraction of sp³-hybridized carbons (Fsp3) is 0.333. The van der Waals surface area contributed by atoms with Gasteiger partial charge in [0.15, 0.2) is 0 Å². The summed E-state index contributed by atoms with van der Waals surface area (Å²) in [7, 11) is -4.16. The van der Waals surface area contributed by atoms with Gasteiger partial charge < -0.3 is 10.4 Å². The summed E-state index contributed by atoms with van der Waals surface area (Å²) in [5.74, 6) is -3.91. The van der Waals surface area contributed by atoms with Gasteiger partial charge in [0, 0.05) is 19.2 Å². The van der Waals surface area contributed by atoms with E-state index in [1.165, 1.54) is 0 Å². The molecule has 0 aromatic heterocycles. The summed E-state index contributed by atoms with van der Waals surface area (Å²) in [6, 6.07) is 2.07. The van der Waals surface area contributed by atoms with Crippen LogP contribution in [0.5, 0.6) is 0 Å². The van der Waals surface area contributed by atoms with Crippen molar-refractivity contribution in [1.82, 2.24) is 10.0 Å². The van der Waals surface area contributed by atoms with Crippen molar-refractivity contribution in [3.63, 3.8) is 0 Å². The summed E-state index contributed by atoms with van der Waals surface area (Å²) < 4.78 is 51.8. The predicted molar refractivity (Wildman–Crippen MR) is 79.5 cm³/mol. The SMILES string of the molecule is O=C(O)CSCC(=O)NCCNS(=O)(=O)c1ccc(F)cc1F. The topological polar surface area (TPSA) is 113 Å². The molecule has 0 aliphatic rings. The number of hydrogen-bond donors (Lipinski definition) is 3. The average Bonchev–Trinajstić information content (AvgIpc) is 2.42. The average molecular weight is 368 g/mol. The molecule has 0 heterocycles. The third kappa shape index (κ3) is 6.93. The number of aliphatic carboxylic acids is 1. The van der Waals surface area contributed by atoms with Gasteiger partial charge in [-0.1, -0.05) is 0 Å². The van der Waals surface area contributed by atoms with Gasteiger partial charge in [-0.15, -0.1) is 11.8 Å². The van der Waals surface area contributed by atoms with Gasteiger partial charge in [0.2, 0.25) is 15.9 Å². The molecular weight excluding hydrogens is 354 g/mol. The first-order chi connectivity index (χ1) is 10.7. The Hall–Kier alpha value is -1.72. The molecule has 0 saturated carbocycles. The molecule has 0 radical (unpaired) electrons. The van der Waals surface area contributed by atoms with Crippen LogP contribution in [-0.2, 0) is 19.6 Å². The lowest BCUT2D eigenvalue weighted by atomic mass is 10.3. The highest BCUT2D eigenvalue weighted by Crippen LogP contribution is 2.14. The summed E-state index contributed by atoms with van der Waals surface area (Å²) in [6.45, 7) is -0.261. The van der Waals surface area contributed by atoms with Crippen molar-refractivity contribution in [2.45, 2.75) is 4.90 Å². The molecule has 0 saturated heterocycles. The number of carbonyl (C=O) groups excluding carboxylic acids is 1. The van der Waals surface area contributed by atoms with Crippen LogP contribution in [0.15, 0.2) is 23.1 Å². The quantitative estimate of drug-likeness (QED) is 0.536. The number of hydrogen-bond acceptors (Lipinski definition) is 5. The molecule has 23 heavy (non-hydrogen) atoms. The van der Waals surface area contributed by atoms with Crippen molar-refractivity contribution in [1.29, 1.82) is 0 Å². The molecule has 11 heteroatoms. The summed E-state index contributed by atoms with van der Waals surface area (Å²) in [4.78, 5) is 20.9. The monoisotopic (exact) mass is 368 g/mol. The van der Waals surface area contributed by atoms with Gasteiger partial charge in [-0.25, -0.2) is 21.9 Å². The summed E-state index contributed by atoms with van der Waals surface area (Å²) >= 11 is 0.898. The lowest BCUT2D eigenvalue weighted by molar-refractivity contribution is -0.133. The Balaban J connectivity index is 2.40. The van der Waals surface area contributed by atoms with E-state index in [0.717, 1.165) is 23.9 Å². The van der Waals surface area contributed by atoms with Crippen molar-refractivity contribution in [3.05, 3.63) is 29.8 Å². The minimum Gasteiger partial charge on any atom is -0.481 e. The lowest BCUT2D eigenvalue weighted by Crippen LogP contribution is -2.35. The molecule has 0 aliphatic heterocycles. The molecule has 128 valence electrons. The van der Waals surface area contributed by atoms with E-state index in [0.29, 0.717) is 6.07 Å². The number of benzene rings is 1. The van der Waals surface area contributed by atoms with E-state index < -0.39 is 38.4 Å². The number of halogens is 2. The van der Waals surface area contributed by atoms with Crippen LogP contribution in [0.1, 0.15) is 0 Å². The lowest BCUT2D eigenvalue weighted by Gasteiger charge is -2.08. The van der Waals surface area contributed by atoms with E-state index in [1.54, 1.807) is 0 Å². The third-order valence-corrected chi connectivity index (χ3v) is 4.79. The second-order valence-corrected chi connectivity index (χ2v) is 6.93. The van der Waals surface area contributed by atoms with Crippen LogP contribution in [0, 0.1) is 11.6 Å². The van der Waals surface area contributed by atoms with Crippen LogP contribution in [0.25, 0.3) is 0 Å². The highest BCUT2D eigenvalue weighted by molar-refractivity contribution is 8.00. The first-order valence-electron chi connectivity index (χ1n) is 6.23. The van der Waals surface area contributed by atoms with E-state index >= 15 is 0 Å². The third-order valence-electron chi connectivity index (χ3n) is 2.38. The fourth-order valence-corrected chi connectivity index (χ4v) is 3.09. The van der Waals surface area contributed by atoms with Crippen molar-refractivity contribution >= 4 is 33.7 Å². The Morgan fingerprint density at radius 2 is 1.87 bits per heavy atom. The predicted octanol–water partition coefficient (Wildman–Crippen LogP) is 0.177. The second-order valence-electron chi connectivity index (χ2n) is 4.21. The van der Waals surface area contributed by atoms with E-state index in [-0.39, 0.29) is 24.6 Å². The molecule has 0 fully saturated rings. The molecule has 3 N–H and O–H groups in total. The molecule has 0 bridgehead atoms. The van der Waals surface area contributed by atoms with Crippen molar-refractivity contribution in [2.24, 2.45) is 0 Å². The van der Waals surface area contributed by atoms with Gasteiger partial charge in [-0.3, -0.25) is 9.59 Å².